The highest BCUT2D eigenvalue weighted by Gasteiger charge is 2.37. The summed E-state index contributed by atoms with van der Waals surface area (Å²) in [6, 6.07) is 8.06. The van der Waals surface area contributed by atoms with Crippen LogP contribution in [0.1, 0.15) is 18.5 Å². The summed E-state index contributed by atoms with van der Waals surface area (Å²) in [4.78, 5) is 27.2. The number of hydrogen-bond acceptors (Lipinski definition) is 6. The second-order valence-electron chi connectivity index (χ2n) is 6.10. The minimum atomic E-state index is -0.566. The van der Waals surface area contributed by atoms with Gasteiger partial charge in [-0.05, 0) is 53.6 Å². The molecule has 2 amide bonds. The van der Waals surface area contributed by atoms with Crippen LogP contribution in [0.2, 0.25) is 0 Å². The Kier molecular flexibility index (Phi) is 6.33. The van der Waals surface area contributed by atoms with Crippen molar-refractivity contribution in [3.05, 3.63) is 57.9 Å². The molecule has 0 fully saturated rings. The van der Waals surface area contributed by atoms with Crippen molar-refractivity contribution in [3.8, 4) is 5.75 Å². The fourth-order valence-electron chi connectivity index (χ4n) is 3.03. The molecule has 1 N–H and O–H groups in total. The van der Waals surface area contributed by atoms with Crippen molar-refractivity contribution in [1.82, 2.24) is 5.32 Å². The molecule has 1 aliphatic rings. The van der Waals surface area contributed by atoms with E-state index in [4.69, 9.17) is 14.2 Å². The first-order chi connectivity index (χ1) is 13.6. The molecule has 1 aliphatic heterocycles. The largest absolute Gasteiger partial charge is 0.497 e. The summed E-state index contributed by atoms with van der Waals surface area (Å²) in [7, 11) is 3.12. The van der Waals surface area contributed by atoms with Crippen molar-refractivity contribution >= 4 is 29.0 Å². The van der Waals surface area contributed by atoms with Crippen LogP contribution in [0.5, 0.6) is 5.75 Å². The van der Waals surface area contributed by atoms with Gasteiger partial charge in [0.15, 0.2) is 0 Å². The highest BCUT2D eigenvalue weighted by atomic mass is 32.1. The predicted molar refractivity (Wildman–Crippen MR) is 107 cm³/mol. The van der Waals surface area contributed by atoms with Crippen molar-refractivity contribution in [3.63, 3.8) is 0 Å². The summed E-state index contributed by atoms with van der Waals surface area (Å²) in [6.45, 7) is 2.18. The zero-order valence-electron chi connectivity index (χ0n) is 15.9. The highest BCUT2D eigenvalue weighted by molar-refractivity contribution is 7.08. The van der Waals surface area contributed by atoms with E-state index in [1.807, 2.05) is 16.8 Å². The molecule has 0 spiro atoms. The molecule has 3 rings (SSSR count). The SMILES string of the molecule is COCCOC(=O)C1=C(C)N(c2ccc(OC)cc2)C(=O)NC1c1ccsc1. The third-order valence-electron chi connectivity index (χ3n) is 4.43. The van der Waals surface area contributed by atoms with Crippen LogP contribution in [-0.2, 0) is 14.3 Å². The number of nitrogens with zero attached hydrogens (tertiary/aromatic N) is 1. The Bertz CT molecular complexity index is 861. The number of thiophene rings is 1. The van der Waals surface area contributed by atoms with E-state index in [9.17, 15) is 9.59 Å². The molecular weight excluding hydrogens is 380 g/mol. The van der Waals surface area contributed by atoms with E-state index in [2.05, 4.69) is 5.32 Å². The first kappa shape index (κ1) is 19.9. The molecule has 8 heteroatoms. The van der Waals surface area contributed by atoms with E-state index in [1.54, 1.807) is 45.4 Å². The number of urea groups is 1. The van der Waals surface area contributed by atoms with Gasteiger partial charge in [-0.15, -0.1) is 0 Å². The molecule has 0 saturated heterocycles. The Hall–Kier alpha value is -2.84. The summed E-state index contributed by atoms with van der Waals surface area (Å²) < 4.78 is 15.5. The van der Waals surface area contributed by atoms with Gasteiger partial charge in [0.25, 0.3) is 0 Å². The first-order valence-electron chi connectivity index (χ1n) is 8.70. The number of hydrogen-bond donors (Lipinski definition) is 1. The van der Waals surface area contributed by atoms with Crippen LogP contribution in [0.25, 0.3) is 0 Å². The van der Waals surface area contributed by atoms with E-state index < -0.39 is 12.0 Å². The van der Waals surface area contributed by atoms with Gasteiger partial charge in [-0.1, -0.05) is 0 Å². The maximum absolute atomic E-state index is 12.9. The number of ether oxygens (including phenoxy) is 3. The van der Waals surface area contributed by atoms with Crippen molar-refractivity contribution in [2.75, 3.05) is 32.3 Å². The van der Waals surface area contributed by atoms with E-state index in [1.165, 1.54) is 16.2 Å². The number of allylic oxidation sites excluding steroid dienone is 1. The zero-order valence-corrected chi connectivity index (χ0v) is 16.7. The predicted octanol–water partition coefficient (Wildman–Crippen LogP) is 3.49. The van der Waals surface area contributed by atoms with Gasteiger partial charge in [-0.2, -0.15) is 11.3 Å². The molecule has 2 aromatic rings. The maximum Gasteiger partial charge on any atom is 0.338 e. The number of methoxy groups -OCH3 is 2. The van der Waals surface area contributed by atoms with Crippen molar-refractivity contribution in [2.45, 2.75) is 13.0 Å². The number of carbonyl (C=O) groups excluding carboxylic acids is 2. The minimum absolute atomic E-state index is 0.138. The summed E-state index contributed by atoms with van der Waals surface area (Å²) in [5.74, 6) is 0.197. The van der Waals surface area contributed by atoms with Crippen LogP contribution in [0.3, 0.4) is 0 Å². The topological polar surface area (TPSA) is 77.1 Å². The number of anilines is 1. The third-order valence-corrected chi connectivity index (χ3v) is 5.13. The Morgan fingerprint density at radius 2 is 1.93 bits per heavy atom. The van der Waals surface area contributed by atoms with Crippen LogP contribution in [0.15, 0.2) is 52.4 Å². The third kappa shape index (κ3) is 4.02. The minimum Gasteiger partial charge on any atom is -0.497 e. The van der Waals surface area contributed by atoms with Gasteiger partial charge in [0.2, 0.25) is 0 Å². The normalized spacial score (nSPS) is 16.8. The Morgan fingerprint density at radius 1 is 1.18 bits per heavy atom. The van der Waals surface area contributed by atoms with Gasteiger partial charge in [0, 0.05) is 12.8 Å². The monoisotopic (exact) mass is 402 g/mol. The summed E-state index contributed by atoms with van der Waals surface area (Å²) >= 11 is 1.50. The summed E-state index contributed by atoms with van der Waals surface area (Å²) in [6.07, 6.45) is 0. The Morgan fingerprint density at radius 3 is 2.54 bits per heavy atom. The highest BCUT2D eigenvalue weighted by Crippen LogP contribution is 2.35. The Balaban J connectivity index is 2.01. The quantitative estimate of drug-likeness (QED) is 0.567. The van der Waals surface area contributed by atoms with Crippen LogP contribution in [0.4, 0.5) is 10.5 Å². The van der Waals surface area contributed by atoms with Gasteiger partial charge in [-0.3, -0.25) is 4.90 Å². The van der Waals surface area contributed by atoms with E-state index in [0.717, 1.165) is 5.56 Å². The lowest BCUT2D eigenvalue weighted by Crippen LogP contribution is -2.48. The molecule has 148 valence electrons. The molecular formula is C20H22N2O5S. The van der Waals surface area contributed by atoms with Gasteiger partial charge < -0.3 is 19.5 Å². The standard InChI is InChI=1S/C20H22N2O5S/c1-13-17(19(23)27-10-9-25-2)18(14-8-11-28-12-14)21-20(24)22(13)15-4-6-16(26-3)7-5-15/h4-8,11-12,18H,9-10H2,1-3H3,(H,21,24). The lowest BCUT2D eigenvalue weighted by Gasteiger charge is -2.35. The molecule has 1 unspecified atom stereocenters. The molecule has 0 radical (unpaired) electrons. The Labute approximate surface area is 167 Å². The fourth-order valence-corrected chi connectivity index (χ4v) is 3.72. The summed E-state index contributed by atoms with van der Waals surface area (Å²) in [5.41, 5.74) is 2.38. The zero-order chi connectivity index (χ0) is 20.1. The molecule has 2 heterocycles. The molecule has 28 heavy (non-hydrogen) atoms. The molecule has 1 aromatic heterocycles. The molecule has 1 aromatic carbocycles. The average molecular weight is 402 g/mol. The average Bonchev–Trinajstić information content (AvgIpc) is 3.23. The van der Waals surface area contributed by atoms with Gasteiger partial charge in [0.05, 0.1) is 31.0 Å². The smallest absolute Gasteiger partial charge is 0.338 e. The number of carbonyl (C=O) groups is 2. The molecule has 1 atom stereocenters. The second kappa shape index (κ2) is 8.90. The number of amides is 2. The van der Waals surface area contributed by atoms with Gasteiger partial charge >= 0.3 is 12.0 Å². The lowest BCUT2D eigenvalue weighted by molar-refractivity contribution is -0.140. The lowest BCUT2D eigenvalue weighted by atomic mass is 9.96. The van der Waals surface area contributed by atoms with Crippen molar-refractivity contribution in [1.29, 1.82) is 0 Å². The van der Waals surface area contributed by atoms with Crippen molar-refractivity contribution < 1.29 is 23.8 Å². The van der Waals surface area contributed by atoms with Crippen LogP contribution >= 0.6 is 11.3 Å². The second-order valence-corrected chi connectivity index (χ2v) is 6.88. The van der Waals surface area contributed by atoms with Crippen LogP contribution in [0, 0.1) is 0 Å². The first-order valence-corrected chi connectivity index (χ1v) is 9.64. The van der Waals surface area contributed by atoms with E-state index in [-0.39, 0.29) is 12.6 Å². The van der Waals surface area contributed by atoms with Crippen LogP contribution < -0.4 is 15.0 Å². The van der Waals surface area contributed by atoms with Crippen molar-refractivity contribution in [2.24, 2.45) is 0 Å². The number of rotatable bonds is 7. The number of nitrogens with one attached hydrogen (secondary N) is 1. The fraction of sp³-hybridized carbons (Fsp3) is 0.300. The summed E-state index contributed by atoms with van der Waals surface area (Å²) in [5, 5.41) is 6.73. The van der Waals surface area contributed by atoms with Crippen LogP contribution in [-0.4, -0.2) is 39.4 Å². The van der Waals surface area contributed by atoms with Gasteiger partial charge in [-0.25, -0.2) is 9.59 Å². The number of esters is 1. The van der Waals surface area contributed by atoms with Gasteiger partial charge in [0.1, 0.15) is 12.4 Å². The number of benzene rings is 1. The molecule has 0 bridgehead atoms. The molecule has 0 saturated carbocycles. The van der Waals surface area contributed by atoms with E-state index >= 15 is 0 Å². The van der Waals surface area contributed by atoms with E-state index in [0.29, 0.717) is 29.3 Å². The molecule has 0 aliphatic carbocycles. The maximum atomic E-state index is 12.9. The molecule has 7 nitrogen and oxygen atoms in total.